The highest BCUT2D eigenvalue weighted by atomic mass is 32.2. The molecule has 0 spiro atoms. The summed E-state index contributed by atoms with van der Waals surface area (Å²) >= 11 is 1.40. The van der Waals surface area contributed by atoms with Gasteiger partial charge in [0.25, 0.3) is 0 Å². The van der Waals surface area contributed by atoms with Crippen molar-refractivity contribution in [3.63, 3.8) is 0 Å². The topological polar surface area (TPSA) is 60.2 Å². The number of para-hydroxylation sites is 1. The van der Waals surface area contributed by atoms with Crippen LogP contribution in [0.1, 0.15) is 19.7 Å². The summed E-state index contributed by atoms with van der Waals surface area (Å²) in [5, 5.41) is 18.7. The maximum absolute atomic E-state index is 13.6. The molecule has 0 unspecified atom stereocenters. The van der Waals surface area contributed by atoms with Crippen molar-refractivity contribution >= 4 is 11.8 Å². The minimum atomic E-state index is -0.806. The SMILES string of the molecule is C=CCn1c(COc2ccccc2F)nnc1SCC(C)(C)O. The maximum Gasteiger partial charge on any atom is 0.191 e. The van der Waals surface area contributed by atoms with Crippen LogP contribution < -0.4 is 4.74 Å². The van der Waals surface area contributed by atoms with Crippen molar-refractivity contribution in [1.29, 1.82) is 0 Å². The van der Waals surface area contributed by atoms with Crippen LogP contribution in [0, 0.1) is 5.82 Å². The number of ether oxygens (including phenoxy) is 1. The molecular weight excluding hydrogens is 317 g/mol. The van der Waals surface area contributed by atoms with Crippen molar-refractivity contribution in [2.45, 2.75) is 37.8 Å². The number of aromatic nitrogens is 3. The molecule has 7 heteroatoms. The summed E-state index contributed by atoms with van der Waals surface area (Å²) in [5.41, 5.74) is -0.806. The second-order valence-electron chi connectivity index (χ2n) is 5.62. The number of benzene rings is 1. The monoisotopic (exact) mass is 337 g/mol. The molecule has 0 saturated carbocycles. The van der Waals surface area contributed by atoms with Gasteiger partial charge in [-0.1, -0.05) is 30.0 Å². The van der Waals surface area contributed by atoms with E-state index in [2.05, 4.69) is 16.8 Å². The summed E-state index contributed by atoms with van der Waals surface area (Å²) in [6.45, 7) is 7.80. The second-order valence-corrected chi connectivity index (χ2v) is 6.56. The van der Waals surface area contributed by atoms with Gasteiger partial charge >= 0.3 is 0 Å². The number of nitrogens with zero attached hydrogens (tertiary/aromatic N) is 3. The highest BCUT2D eigenvalue weighted by Crippen LogP contribution is 2.23. The smallest absolute Gasteiger partial charge is 0.191 e. The van der Waals surface area contributed by atoms with Crippen LogP contribution >= 0.6 is 11.8 Å². The molecule has 0 bridgehead atoms. The number of allylic oxidation sites excluding steroid dienone is 1. The van der Waals surface area contributed by atoms with Gasteiger partial charge in [0.1, 0.15) is 6.61 Å². The Balaban J connectivity index is 2.10. The Kier molecular flexibility index (Phi) is 5.79. The number of thioether (sulfide) groups is 1. The fourth-order valence-electron chi connectivity index (χ4n) is 1.79. The molecule has 1 heterocycles. The van der Waals surface area contributed by atoms with E-state index < -0.39 is 11.4 Å². The second kappa shape index (κ2) is 7.61. The molecule has 1 aromatic heterocycles. The molecule has 0 fully saturated rings. The molecule has 5 nitrogen and oxygen atoms in total. The molecule has 1 N–H and O–H groups in total. The normalized spacial score (nSPS) is 11.5. The molecule has 2 rings (SSSR count). The highest BCUT2D eigenvalue weighted by Gasteiger charge is 2.18. The van der Waals surface area contributed by atoms with E-state index in [9.17, 15) is 9.50 Å². The lowest BCUT2D eigenvalue weighted by molar-refractivity contribution is 0.107. The third-order valence-corrected chi connectivity index (χ3v) is 4.26. The van der Waals surface area contributed by atoms with Crippen LogP contribution in [0.2, 0.25) is 0 Å². The third kappa shape index (κ3) is 5.07. The molecule has 23 heavy (non-hydrogen) atoms. The Bertz CT molecular complexity index is 668. The molecule has 0 saturated heterocycles. The average molecular weight is 337 g/mol. The van der Waals surface area contributed by atoms with Crippen LogP contribution in [0.3, 0.4) is 0 Å². The van der Waals surface area contributed by atoms with E-state index in [1.807, 2.05) is 4.57 Å². The number of halogens is 1. The maximum atomic E-state index is 13.6. The lowest BCUT2D eigenvalue weighted by atomic mass is 10.2. The summed E-state index contributed by atoms with van der Waals surface area (Å²) in [4.78, 5) is 0. The largest absolute Gasteiger partial charge is 0.483 e. The summed E-state index contributed by atoms with van der Waals surface area (Å²) in [5.74, 6) is 0.813. The molecule has 0 aliphatic heterocycles. The third-order valence-electron chi connectivity index (χ3n) is 2.85. The molecule has 1 aromatic carbocycles. The first-order valence-corrected chi connectivity index (χ1v) is 8.15. The van der Waals surface area contributed by atoms with Crippen molar-refractivity contribution in [2.24, 2.45) is 0 Å². The minimum Gasteiger partial charge on any atom is -0.483 e. The van der Waals surface area contributed by atoms with Gasteiger partial charge in [0.2, 0.25) is 0 Å². The zero-order valence-electron chi connectivity index (χ0n) is 13.2. The molecule has 0 atom stereocenters. The van der Waals surface area contributed by atoms with Gasteiger partial charge < -0.3 is 9.84 Å². The zero-order chi connectivity index (χ0) is 16.9. The van der Waals surface area contributed by atoms with Gasteiger partial charge in [-0.2, -0.15) is 0 Å². The first kappa shape index (κ1) is 17.5. The van der Waals surface area contributed by atoms with Crippen LogP contribution in [0.15, 0.2) is 42.1 Å². The molecule has 0 aliphatic rings. The van der Waals surface area contributed by atoms with Crippen LogP contribution in [0.25, 0.3) is 0 Å². The highest BCUT2D eigenvalue weighted by molar-refractivity contribution is 7.99. The van der Waals surface area contributed by atoms with Crippen molar-refractivity contribution in [3.05, 3.63) is 48.6 Å². The van der Waals surface area contributed by atoms with Crippen molar-refractivity contribution in [1.82, 2.24) is 14.8 Å². The molecule has 2 aromatic rings. The number of rotatable bonds is 8. The van der Waals surface area contributed by atoms with E-state index in [4.69, 9.17) is 4.74 Å². The molecular formula is C16H20FN3O2S. The number of aliphatic hydroxyl groups is 1. The van der Waals surface area contributed by atoms with Crippen LogP contribution in [-0.4, -0.2) is 31.2 Å². The Morgan fingerprint density at radius 3 is 2.78 bits per heavy atom. The van der Waals surface area contributed by atoms with Crippen molar-refractivity contribution in [2.75, 3.05) is 5.75 Å². The van der Waals surface area contributed by atoms with E-state index in [-0.39, 0.29) is 12.4 Å². The van der Waals surface area contributed by atoms with E-state index in [1.165, 1.54) is 17.8 Å². The fraction of sp³-hybridized carbons (Fsp3) is 0.375. The number of hydrogen-bond acceptors (Lipinski definition) is 5. The van der Waals surface area contributed by atoms with Crippen molar-refractivity contribution < 1.29 is 14.2 Å². The summed E-state index contributed by atoms with van der Waals surface area (Å²) in [6.07, 6.45) is 1.73. The number of hydrogen-bond donors (Lipinski definition) is 1. The quantitative estimate of drug-likeness (QED) is 0.593. The minimum absolute atomic E-state index is 0.102. The van der Waals surface area contributed by atoms with Crippen LogP contribution in [0.4, 0.5) is 4.39 Å². The van der Waals surface area contributed by atoms with Gasteiger partial charge in [0.15, 0.2) is 22.5 Å². The van der Waals surface area contributed by atoms with Crippen LogP contribution in [-0.2, 0) is 13.2 Å². The first-order valence-electron chi connectivity index (χ1n) is 7.16. The fourth-order valence-corrected chi connectivity index (χ4v) is 2.71. The van der Waals surface area contributed by atoms with E-state index in [0.29, 0.717) is 23.3 Å². The van der Waals surface area contributed by atoms with Crippen molar-refractivity contribution in [3.8, 4) is 5.75 Å². The Morgan fingerprint density at radius 2 is 2.13 bits per heavy atom. The first-order chi connectivity index (χ1) is 10.9. The summed E-state index contributed by atoms with van der Waals surface area (Å²) < 4.78 is 20.9. The molecule has 124 valence electrons. The lowest BCUT2D eigenvalue weighted by Gasteiger charge is -2.16. The van der Waals surface area contributed by atoms with Gasteiger partial charge in [-0.15, -0.1) is 16.8 Å². The van der Waals surface area contributed by atoms with Gasteiger partial charge in [-0.25, -0.2) is 4.39 Å². The Hall–Kier alpha value is -1.86. The van der Waals surface area contributed by atoms with E-state index in [1.54, 1.807) is 38.1 Å². The van der Waals surface area contributed by atoms with Gasteiger partial charge in [0, 0.05) is 12.3 Å². The van der Waals surface area contributed by atoms with E-state index in [0.717, 1.165) is 0 Å². The molecule has 0 radical (unpaired) electrons. The predicted molar refractivity (Wildman–Crippen MR) is 88.0 cm³/mol. The Morgan fingerprint density at radius 1 is 1.39 bits per heavy atom. The molecule has 0 amide bonds. The zero-order valence-corrected chi connectivity index (χ0v) is 14.0. The molecule has 0 aliphatic carbocycles. The van der Waals surface area contributed by atoms with Gasteiger partial charge in [-0.05, 0) is 26.0 Å². The lowest BCUT2D eigenvalue weighted by Crippen LogP contribution is -2.22. The van der Waals surface area contributed by atoms with Crippen LogP contribution in [0.5, 0.6) is 5.75 Å². The summed E-state index contributed by atoms with van der Waals surface area (Å²) in [7, 11) is 0. The standard InChI is InChI=1S/C16H20FN3O2S/c1-4-9-20-14(10-22-13-8-6-5-7-12(13)17)18-19-15(20)23-11-16(2,3)21/h4-8,21H,1,9-11H2,2-3H3. The predicted octanol–water partition coefficient (Wildman–Crippen LogP) is 3.05. The van der Waals surface area contributed by atoms with E-state index >= 15 is 0 Å². The van der Waals surface area contributed by atoms with Gasteiger partial charge in [-0.3, -0.25) is 4.57 Å². The Labute approximate surface area is 139 Å². The summed E-state index contributed by atoms with van der Waals surface area (Å²) in [6, 6.07) is 6.22. The average Bonchev–Trinajstić information content (AvgIpc) is 2.86. The van der Waals surface area contributed by atoms with Gasteiger partial charge in [0.05, 0.1) is 5.60 Å².